The van der Waals surface area contributed by atoms with Crippen LogP contribution in [0.1, 0.15) is 50.4 Å². The largest absolute Gasteiger partial charge is 0.486 e. The quantitative estimate of drug-likeness (QED) is 0.644. The van der Waals surface area contributed by atoms with Gasteiger partial charge in [0.05, 0.1) is 5.56 Å². The van der Waals surface area contributed by atoms with Crippen LogP contribution in [0.4, 0.5) is 5.69 Å². The van der Waals surface area contributed by atoms with Crippen molar-refractivity contribution in [1.82, 2.24) is 4.98 Å². The van der Waals surface area contributed by atoms with Gasteiger partial charge in [-0.05, 0) is 54.4 Å². The minimum absolute atomic E-state index is 0.0846. The predicted molar refractivity (Wildman–Crippen MR) is 125 cm³/mol. The van der Waals surface area contributed by atoms with Crippen LogP contribution < -0.4 is 14.8 Å². The molecule has 4 rings (SSSR count). The minimum Gasteiger partial charge on any atom is -0.486 e. The Kier molecular flexibility index (Phi) is 6.61. The second-order valence-electron chi connectivity index (χ2n) is 9.37. The lowest BCUT2D eigenvalue weighted by molar-refractivity contribution is -0.115. The van der Waals surface area contributed by atoms with Crippen molar-refractivity contribution in [1.29, 1.82) is 5.26 Å². The first-order valence-electron chi connectivity index (χ1n) is 11.1. The smallest absolute Gasteiger partial charge is 0.225 e. The Hall–Kier alpha value is -2.72. The molecule has 1 aromatic heterocycles. The number of fused-ring (bicyclic) bond motifs is 2. The lowest BCUT2D eigenvalue weighted by Crippen LogP contribution is -2.27. The molecule has 0 saturated carbocycles. The number of nitriles is 1. The molecular formula is C25H29N3O3S. The minimum atomic E-state index is -0.0846. The molecule has 1 unspecified atom stereocenters. The van der Waals surface area contributed by atoms with Crippen LogP contribution in [0, 0.1) is 22.7 Å². The highest BCUT2D eigenvalue weighted by atomic mass is 32.2. The number of nitrogens with one attached hydrogen (secondary N) is 1. The van der Waals surface area contributed by atoms with Gasteiger partial charge >= 0.3 is 0 Å². The molecule has 0 saturated heterocycles. The van der Waals surface area contributed by atoms with E-state index in [-0.39, 0.29) is 11.3 Å². The molecule has 2 aliphatic rings. The molecule has 7 heteroatoms. The van der Waals surface area contributed by atoms with Crippen LogP contribution in [0.15, 0.2) is 29.3 Å². The van der Waals surface area contributed by atoms with E-state index < -0.39 is 0 Å². The van der Waals surface area contributed by atoms with Gasteiger partial charge in [-0.3, -0.25) is 4.79 Å². The summed E-state index contributed by atoms with van der Waals surface area (Å²) in [5.74, 6) is 2.42. The van der Waals surface area contributed by atoms with Gasteiger partial charge in [-0.15, -0.1) is 11.8 Å². The zero-order valence-corrected chi connectivity index (χ0v) is 19.7. The van der Waals surface area contributed by atoms with Crippen LogP contribution in [0.25, 0.3) is 0 Å². The average Bonchev–Trinajstić information content (AvgIpc) is 2.77. The fourth-order valence-corrected chi connectivity index (χ4v) is 5.08. The lowest BCUT2D eigenvalue weighted by atomic mass is 9.71. The zero-order chi connectivity index (χ0) is 22.7. The fraction of sp³-hybridized carbons (Fsp3) is 0.480. The van der Waals surface area contributed by atoms with E-state index in [1.165, 1.54) is 17.3 Å². The maximum absolute atomic E-state index is 12.4. The number of carbonyl (C=O) groups excluding carboxylic acids is 1. The molecule has 32 heavy (non-hydrogen) atoms. The molecule has 0 fully saturated rings. The van der Waals surface area contributed by atoms with Crippen molar-refractivity contribution in [3.8, 4) is 17.6 Å². The van der Waals surface area contributed by atoms with Crippen LogP contribution in [0.5, 0.6) is 11.5 Å². The second-order valence-corrected chi connectivity index (χ2v) is 10.5. The van der Waals surface area contributed by atoms with Crippen molar-refractivity contribution < 1.29 is 14.3 Å². The van der Waals surface area contributed by atoms with Crippen LogP contribution in [-0.2, 0) is 17.6 Å². The summed E-state index contributed by atoms with van der Waals surface area (Å²) in [5.41, 5.74) is 3.85. The molecule has 1 aromatic carbocycles. The third-order valence-corrected chi connectivity index (χ3v) is 7.08. The molecule has 2 heterocycles. The summed E-state index contributed by atoms with van der Waals surface area (Å²) >= 11 is 1.47. The molecule has 1 aliphatic heterocycles. The molecule has 0 radical (unpaired) electrons. The number of hydrogen-bond acceptors (Lipinski definition) is 6. The first kappa shape index (κ1) is 22.5. The maximum Gasteiger partial charge on any atom is 0.225 e. The fourth-order valence-electron chi connectivity index (χ4n) is 4.16. The van der Waals surface area contributed by atoms with E-state index in [1.54, 1.807) is 12.1 Å². The topological polar surface area (TPSA) is 84.2 Å². The normalized spacial score (nSPS) is 17.2. The molecule has 1 aliphatic carbocycles. The van der Waals surface area contributed by atoms with E-state index in [0.29, 0.717) is 54.1 Å². The number of benzene rings is 1. The number of hydrogen-bond donors (Lipinski definition) is 1. The summed E-state index contributed by atoms with van der Waals surface area (Å²) in [4.78, 5) is 17.2. The Labute approximate surface area is 193 Å². The van der Waals surface area contributed by atoms with Crippen molar-refractivity contribution in [2.45, 2.75) is 51.5 Å². The first-order chi connectivity index (χ1) is 15.3. The summed E-state index contributed by atoms with van der Waals surface area (Å²) in [5, 5.41) is 13.3. The Balaban J connectivity index is 1.35. The molecule has 2 aromatic rings. The van der Waals surface area contributed by atoms with Crippen molar-refractivity contribution in [3.63, 3.8) is 0 Å². The van der Waals surface area contributed by atoms with Crippen molar-refractivity contribution in [2.24, 2.45) is 11.3 Å². The van der Waals surface area contributed by atoms with Gasteiger partial charge in [0, 0.05) is 29.6 Å². The van der Waals surface area contributed by atoms with Crippen molar-refractivity contribution in [3.05, 3.63) is 41.1 Å². The molecule has 1 amide bonds. The van der Waals surface area contributed by atoms with E-state index in [9.17, 15) is 10.1 Å². The Bertz CT molecular complexity index is 1060. The first-order valence-corrected chi connectivity index (χ1v) is 12.1. The molecular weight excluding hydrogens is 422 g/mol. The SMILES string of the molecule is CC(C)(C)C1CCc2nc(SCCC(=O)Nc3ccc4c(c3)OCCO4)c(C#N)cc2C1. The van der Waals surface area contributed by atoms with E-state index >= 15 is 0 Å². The number of nitrogens with zero attached hydrogens (tertiary/aromatic N) is 2. The highest BCUT2D eigenvalue weighted by molar-refractivity contribution is 7.99. The van der Waals surface area contributed by atoms with Gasteiger partial charge < -0.3 is 14.8 Å². The predicted octanol–water partition coefficient (Wildman–Crippen LogP) is 5.00. The average molecular weight is 452 g/mol. The van der Waals surface area contributed by atoms with Crippen molar-refractivity contribution >= 4 is 23.4 Å². The van der Waals surface area contributed by atoms with Gasteiger partial charge in [-0.1, -0.05) is 20.8 Å². The van der Waals surface area contributed by atoms with E-state index in [0.717, 1.165) is 30.0 Å². The van der Waals surface area contributed by atoms with E-state index in [1.807, 2.05) is 12.1 Å². The zero-order valence-electron chi connectivity index (χ0n) is 18.9. The van der Waals surface area contributed by atoms with Gasteiger partial charge in [-0.2, -0.15) is 5.26 Å². The third-order valence-electron chi connectivity index (χ3n) is 6.09. The molecule has 6 nitrogen and oxygen atoms in total. The Morgan fingerprint density at radius 2 is 2.03 bits per heavy atom. The number of aryl methyl sites for hydroxylation is 1. The van der Waals surface area contributed by atoms with Gasteiger partial charge in [-0.25, -0.2) is 4.98 Å². The summed E-state index contributed by atoms with van der Waals surface area (Å²) in [7, 11) is 0. The number of rotatable bonds is 5. The van der Waals surface area contributed by atoms with E-state index in [4.69, 9.17) is 14.5 Å². The van der Waals surface area contributed by atoms with Gasteiger partial charge in [0.15, 0.2) is 11.5 Å². The molecule has 1 N–H and O–H groups in total. The number of carbonyl (C=O) groups is 1. The number of ether oxygens (including phenoxy) is 2. The summed E-state index contributed by atoms with van der Waals surface area (Å²) < 4.78 is 11.1. The number of amides is 1. The maximum atomic E-state index is 12.4. The van der Waals surface area contributed by atoms with Crippen molar-refractivity contribution in [2.75, 3.05) is 24.3 Å². The van der Waals surface area contributed by atoms with E-state index in [2.05, 4.69) is 32.2 Å². The summed E-state index contributed by atoms with van der Waals surface area (Å²) in [6.45, 7) is 7.88. The Morgan fingerprint density at radius 1 is 1.25 bits per heavy atom. The Morgan fingerprint density at radius 3 is 2.78 bits per heavy atom. The lowest BCUT2D eigenvalue weighted by Gasteiger charge is -2.34. The third kappa shape index (κ3) is 5.18. The molecule has 0 spiro atoms. The van der Waals surface area contributed by atoms with Gasteiger partial charge in [0.1, 0.15) is 24.3 Å². The number of aromatic nitrogens is 1. The van der Waals surface area contributed by atoms with Crippen LogP contribution in [-0.4, -0.2) is 29.9 Å². The summed E-state index contributed by atoms with van der Waals surface area (Å²) in [6.07, 6.45) is 3.37. The van der Waals surface area contributed by atoms with Crippen LogP contribution in [0.3, 0.4) is 0 Å². The standard InChI is InChI=1S/C25H29N3O3S/c1-25(2,3)18-4-6-20-16(13-18)12-17(15-26)24(28-20)32-11-8-23(29)27-19-5-7-21-22(14-19)31-10-9-30-21/h5,7,12,14,18H,4,6,8-11,13H2,1-3H3,(H,27,29). The molecule has 0 bridgehead atoms. The highest BCUT2D eigenvalue weighted by Gasteiger charge is 2.30. The monoisotopic (exact) mass is 451 g/mol. The van der Waals surface area contributed by atoms with Gasteiger partial charge in [0.2, 0.25) is 5.91 Å². The van der Waals surface area contributed by atoms with Gasteiger partial charge in [0.25, 0.3) is 0 Å². The second kappa shape index (κ2) is 9.41. The van der Waals surface area contributed by atoms with Crippen LogP contribution in [0.2, 0.25) is 0 Å². The highest BCUT2D eigenvalue weighted by Crippen LogP contribution is 2.38. The number of thioether (sulfide) groups is 1. The molecule has 168 valence electrons. The molecule has 1 atom stereocenters. The number of pyridine rings is 1. The number of anilines is 1. The van der Waals surface area contributed by atoms with Crippen LogP contribution >= 0.6 is 11.8 Å². The summed E-state index contributed by atoms with van der Waals surface area (Å²) in [6, 6.07) is 9.70.